The van der Waals surface area contributed by atoms with Crippen molar-refractivity contribution in [2.75, 3.05) is 14.7 Å². The summed E-state index contributed by atoms with van der Waals surface area (Å²) in [4.78, 5) is 7.41. The van der Waals surface area contributed by atoms with Gasteiger partial charge in [0.1, 0.15) is 11.2 Å². The Labute approximate surface area is 339 Å². The zero-order chi connectivity index (χ0) is 38.7. The third kappa shape index (κ3) is 4.89. The molecule has 1 aromatic heterocycles. The largest absolute Gasteiger partial charge is 0.456 e. The van der Waals surface area contributed by atoms with Crippen LogP contribution in [0.5, 0.6) is 0 Å². The van der Waals surface area contributed by atoms with E-state index >= 15 is 0 Å². The molecule has 0 spiro atoms. The summed E-state index contributed by atoms with van der Waals surface area (Å²) < 4.78 is 6.29. The van der Waals surface area contributed by atoms with Crippen molar-refractivity contribution < 1.29 is 4.42 Å². The van der Waals surface area contributed by atoms with Crippen LogP contribution in [0.2, 0.25) is 0 Å². The predicted octanol–water partition coefficient (Wildman–Crippen LogP) is 12.3. The Hall–Kier alpha value is -6.98. The second-order valence-corrected chi connectivity index (χ2v) is 17.0. The van der Waals surface area contributed by atoms with Crippen molar-refractivity contribution in [2.45, 2.75) is 32.6 Å². The maximum absolute atomic E-state index is 6.29. The average Bonchev–Trinajstić information content (AvgIpc) is 3.62. The van der Waals surface area contributed by atoms with E-state index < -0.39 is 0 Å². The van der Waals surface area contributed by atoms with E-state index in [1.54, 1.807) is 0 Å². The summed E-state index contributed by atoms with van der Waals surface area (Å²) >= 11 is 0. The fourth-order valence-electron chi connectivity index (χ4n) is 9.79. The standard InChI is InChI=1S/C53H40BN3O/c1-53(2,3)36-21-23-39(24-22-36)56-45-18-12-19-46-52(45)54(51-35-29-34(30-35)31-48(51)57(46)38-15-8-5-9-16-38)44-27-25-41(33-47(44)56)55(37-13-6-4-7-14-37)40-26-28-50-43(32-40)42-17-10-11-20-49(42)58-50/h4-29,31-33H,30H2,1-3H3. The van der Waals surface area contributed by atoms with Gasteiger partial charge < -0.3 is 19.1 Å². The van der Waals surface area contributed by atoms with E-state index in [9.17, 15) is 0 Å². The molecule has 3 heterocycles. The van der Waals surface area contributed by atoms with Crippen LogP contribution in [0.4, 0.5) is 51.2 Å². The van der Waals surface area contributed by atoms with Gasteiger partial charge in [-0.05, 0) is 136 Å². The van der Waals surface area contributed by atoms with E-state index in [2.05, 4.69) is 199 Å². The number of rotatable bonds is 5. The number of furan rings is 1. The smallest absolute Gasteiger partial charge is 0.252 e. The maximum Gasteiger partial charge on any atom is 0.252 e. The normalized spacial score (nSPS) is 13.6. The van der Waals surface area contributed by atoms with Crippen LogP contribution in [0, 0.1) is 0 Å². The number of benzene rings is 8. The lowest BCUT2D eigenvalue weighted by Crippen LogP contribution is -2.62. The molecule has 0 N–H and O–H groups in total. The molecule has 2 aliphatic carbocycles. The third-order valence-corrected chi connectivity index (χ3v) is 12.5. The third-order valence-electron chi connectivity index (χ3n) is 12.5. The first-order valence-electron chi connectivity index (χ1n) is 20.3. The Bertz CT molecular complexity index is 3090. The summed E-state index contributed by atoms with van der Waals surface area (Å²) in [5.74, 6) is 0. The molecule has 0 amide bonds. The molecule has 58 heavy (non-hydrogen) atoms. The summed E-state index contributed by atoms with van der Waals surface area (Å²) in [5, 5.41) is 2.23. The Balaban J connectivity index is 1.11. The van der Waals surface area contributed by atoms with Crippen molar-refractivity contribution >= 4 is 96.2 Å². The molecule has 9 aromatic rings. The molecule has 13 rings (SSSR count). The number of fused-ring (bicyclic) bond motifs is 5. The van der Waals surface area contributed by atoms with Crippen LogP contribution in [0.15, 0.2) is 180 Å². The van der Waals surface area contributed by atoms with Crippen molar-refractivity contribution in [3.63, 3.8) is 0 Å². The van der Waals surface area contributed by atoms with Gasteiger partial charge in [0.05, 0.1) is 0 Å². The molecule has 0 fully saturated rings. The van der Waals surface area contributed by atoms with Crippen molar-refractivity contribution in [1.29, 1.82) is 0 Å². The van der Waals surface area contributed by atoms with Crippen molar-refractivity contribution in [3.05, 3.63) is 193 Å². The second-order valence-electron chi connectivity index (χ2n) is 17.0. The maximum atomic E-state index is 6.29. The summed E-state index contributed by atoms with van der Waals surface area (Å²) in [6.45, 7) is 6.94. The van der Waals surface area contributed by atoms with Gasteiger partial charge in [-0.15, -0.1) is 0 Å². The highest BCUT2D eigenvalue weighted by molar-refractivity contribution is 7.00. The minimum atomic E-state index is 0.0447. The Morgan fingerprint density at radius 2 is 1.14 bits per heavy atom. The topological polar surface area (TPSA) is 22.9 Å². The molecule has 0 saturated heterocycles. The fourth-order valence-corrected chi connectivity index (χ4v) is 9.79. The quantitative estimate of drug-likeness (QED) is 0.164. The number of nitrogens with zero attached hydrogens (tertiary/aromatic N) is 3. The van der Waals surface area contributed by atoms with Gasteiger partial charge in [0.2, 0.25) is 0 Å². The Morgan fingerprint density at radius 3 is 1.90 bits per heavy atom. The van der Waals surface area contributed by atoms with Gasteiger partial charge in [0, 0.05) is 62.0 Å². The van der Waals surface area contributed by atoms with Crippen LogP contribution < -0.4 is 31.1 Å². The lowest BCUT2D eigenvalue weighted by atomic mass is 9.32. The van der Waals surface area contributed by atoms with Crippen LogP contribution in [0.25, 0.3) is 21.9 Å². The summed E-state index contributed by atoms with van der Waals surface area (Å²) in [7, 11) is 0. The molecule has 0 saturated carbocycles. The number of hydrogen-bond donors (Lipinski definition) is 0. The lowest BCUT2D eigenvalue weighted by molar-refractivity contribution is 0.590. The van der Waals surface area contributed by atoms with Crippen molar-refractivity contribution in [1.82, 2.24) is 0 Å². The molecule has 0 atom stereocenters. The van der Waals surface area contributed by atoms with Crippen LogP contribution in [-0.4, -0.2) is 6.71 Å². The first-order valence-corrected chi connectivity index (χ1v) is 20.3. The van der Waals surface area contributed by atoms with Gasteiger partial charge in [-0.1, -0.05) is 106 Å². The van der Waals surface area contributed by atoms with E-state index in [0.29, 0.717) is 0 Å². The molecule has 2 bridgehead atoms. The van der Waals surface area contributed by atoms with Gasteiger partial charge in [-0.25, -0.2) is 0 Å². The van der Waals surface area contributed by atoms with E-state index in [1.165, 1.54) is 61.5 Å². The Kier molecular flexibility index (Phi) is 7.02. The molecule has 5 heteroatoms. The van der Waals surface area contributed by atoms with E-state index in [-0.39, 0.29) is 12.1 Å². The fraction of sp³-hybridized carbons (Fsp3) is 0.0943. The zero-order valence-electron chi connectivity index (χ0n) is 32.8. The monoisotopic (exact) mass is 745 g/mol. The van der Waals surface area contributed by atoms with Gasteiger partial charge in [0.15, 0.2) is 0 Å². The highest BCUT2D eigenvalue weighted by Crippen LogP contribution is 2.48. The number of hydrogen-bond acceptors (Lipinski definition) is 4. The minimum Gasteiger partial charge on any atom is -0.456 e. The molecule has 4 nitrogen and oxygen atoms in total. The zero-order valence-corrected chi connectivity index (χ0v) is 32.8. The molecule has 276 valence electrons. The summed E-state index contributed by atoms with van der Waals surface area (Å²) in [6, 6.07) is 64.7. The average molecular weight is 746 g/mol. The number of para-hydroxylation sites is 3. The molecule has 2 aliphatic heterocycles. The lowest BCUT2D eigenvalue weighted by Gasteiger charge is -2.46. The second kappa shape index (κ2) is 12.3. The molecule has 0 radical (unpaired) electrons. The van der Waals surface area contributed by atoms with Crippen LogP contribution >= 0.6 is 0 Å². The van der Waals surface area contributed by atoms with E-state index in [1.807, 2.05) is 12.1 Å². The molecule has 0 unspecified atom stereocenters. The molecular weight excluding hydrogens is 705 g/mol. The van der Waals surface area contributed by atoms with Crippen molar-refractivity contribution in [3.8, 4) is 0 Å². The minimum absolute atomic E-state index is 0.0447. The molecular formula is C53H40BN3O. The highest BCUT2D eigenvalue weighted by Gasteiger charge is 2.45. The van der Waals surface area contributed by atoms with E-state index in [0.717, 1.165) is 51.1 Å². The van der Waals surface area contributed by atoms with Gasteiger partial charge in [-0.3, -0.25) is 0 Å². The predicted molar refractivity (Wildman–Crippen MR) is 244 cm³/mol. The van der Waals surface area contributed by atoms with Gasteiger partial charge >= 0.3 is 0 Å². The molecule has 4 aliphatic rings. The summed E-state index contributed by atoms with van der Waals surface area (Å²) in [5.41, 5.74) is 20.7. The van der Waals surface area contributed by atoms with E-state index in [4.69, 9.17) is 4.42 Å². The highest BCUT2D eigenvalue weighted by atomic mass is 16.3. The van der Waals surface area contributed by atoms with Crippen molar-refractivity contribution in [2.24, 2.45) is 0 Å². The SMILES string of the molecule is CC(C)(C)c1ccc(N2c3cc(N(c4ccccc4)c4ccc5oc6ccccc6c5c4)ccc3B3c4c5cc(cc4N(c4ccccc4)c4cccc2c43)C5)cc1. The Morgan fingerprint density at radius 1 is 0.500 bits per heavy atom. The molecule has 8 aromatic carbocycles. The van der Waals surface area contributed by atoms with Gasteiger partial charge in [0.25, 0.3) is 6.71 Å². The van der Waals surface area contributed by atoms with Crippen LogP contribution in [0.3, 0.4) is 0 Å². The van der Waals surface area contributed by atoms with Gasteiger partial charge in [-0.2, -0.15) is 0 Å². The first-order chi connectivity index (χ1) is 28.4. The van der Waals surface area contributed by atoms with Crippen LogP contribution in [0.1, 0.15) is 37.5 Å². The van der Waals surface area contributed by atoms with Crippen LogP contribution in [-0.2, 0) is 11.8 Å². The number of anilines is 9. The first kappa shape index (κ1) is 33.2. The summed E-state index contributed by atoms with van der Waals surface area (Å²) in [6.07, 6.45) is 1.02.